The van der Waals surface area contributed by atoms with Crippen LogP contribution in [0, 0.1) is 13.8 Å². The number of nitrogens with zero attached hydrogens (tertiary/aromatic N) is 4. The Kier molecular flexibility index (Phi) is 6.65. The van der Waals surface area contributed by atoms with E-state index in [2.05, 4.69) is 43.5 Å². The van der Waals surface area contributed by atoms with Crippen molar-refractivity contribution in [3.8, 4) is 0 Å². The largest absolute Gasteiger partial charge is 0.368 e. The van der Waals surface area contributed by atoms with Crippen molar-refractivity contribution in [3.63, 3.8) is 0 Å². The van der Waals surface area contributed by atoms with E-state index in [-0.39, 0.29) is 23.9 Å². The highest BCUT2D eigenvalue weighted by molar-refractivity contribution is 7.89. The van der Waals surface area contributed by atoms with Gasteiger partial charge in [-0.1, -0.05) is 36.4 Å². The number of urea groups is 1. The summed E-state index contributed by atoms with van der Waals surface area (Å²) in [4.78, 5) is 31.8. The van der Waals surface area contributed by atoms with Crippen LogP contribution in [-0.2, 0) is 14.8 Å². The molecule has 0 spiro atoms. The second-order valence-electron chi connectivity index (χ2n) is 8.69. The maximum atomic E-state index is 13.5. The van der Waals surface area contributed by atoms with Gasteiger partial charge in [0.25, 0.3) is 10.0 Å². The van der Waals surface area contributed by atoms with E-state index in [0.717, 1.165) is 9.99 Å². The second kappa shape index (κ2) is 9.50. The van der Waals surface area contributed by atoms with Crippen LogP contribution in [0.15, 0.2) is 66.1 Å². The minimum atomic E-state index is -4.06. The van der Waals surface area contributed by atoms with E-state index in [1.807, 2.05) is 0 Å². The van der Waals surface area contributed by atoms with Crippen LogP contribution in [0.25, 0.3) is 0 Å². The van der Waals surface area contributed by atoms with Crippen molar-refractivity contribution in [3.05, 3.63) is 72.3 Å². The number of piperazine rings is 1. The highest BCUT2D eigenvalue weighted by Crippen LogP contribution is 2.27. The molecule has 4 rings (SSSR count). The molecule has 3 amide bonds. The Hall–Kier alpha value is -3.33. The molecule has 2 saturated heterocycles. The molecule has 34 heavy (non-hydrogen) atoms. The molecule has 2 aliphatic rings. The fraction of sp³-hybridized carbons (Fsp3) is 0.360. The minimum Gasteiger partial charge on any atom is -0.368 e. The van der Waals surface area contributed by atoms with Crippen molar-refractivity contribution >= 4 is 27.6 Å². The molecule has 0 unspecified atom stereocenters. The number of anilines is 1. The SMILES string of the molecule is C=CCN1C(=O)N(S(=O)(=O)c2ccccc2)C[C@H]1C(=O)N1CCN(c2cc(C)ccc2C)CC1. The first-order valence-electron chi connectivity index (χ1n) is 11.3. The van der Waals surface area contributed by atoms with Gasteiger partial charge >= 0.3 is 6.03 Å². The molecule has 8 nitrogen and oxygen atoms in total. The minimum absolute atomic E-state index is 0.0251. The first-order chi connectivity index (χ1) is 16.2. The van der Waals surface area contributed by atoms with Gasteiger partial charge in [-0.05, 0) is 43.2 Å². The van der Waals surface area contributed by atoms with E-state index in [1.165, 1.54) is 34.2 Å². The van der Waals surface area contributed by atoms with E-state index in [1.54, 1.807) is 23.1 Å². The molecule has 0 aliphatic carbocycles. The van der Waals surface area contributed by atoms with E-state index in [0.29, 0.717) is 26.2 Å². The third-order valence-electron chi connectivity index (χ3n) is 6.41. The Labute approximate surface area is 201 Å². The van der Waals surface area contributed by atoms with Gasteiger partial charge in [0.2, 0.25) is 5.91 Å². The lowest BCUT2D eigenvalue weighted by atomic mass is 10.1. The summed E-state index contributed by atoms with van der Waals surface area (Å²) in [6, 6.07) is 12.6. The van der Waals surface area contributed by atoms with Gasteiger partial charge in [-0.25, -0.2) is 17.5 Å². The van der Waals surface area contributed by atoms with Crippen molar-refractivity contribution in [2.24, 2.45) is 0 Å². The molecule has 2 fully saturated rings. The maximum absolute atomic E-state index is 13.5. The van der Waals surface area contributed by atoms with Crippen LogP contribution in [0.4, 0.5) is 10.5 Å². The average Bonchev–Trinajstić information content (AvgIpc) is 3.18. The molecule has 0 bridgehead atoms. The summed E-state index contributed by atoms with van der Waals surface area (Å²) in [5, 5.41) is 0. The number of amides is 3. The van der Waals surface area contributed by atoms with Crippen LogP contribution >= 0.6 is 0 Å². The molecule has 0 saturated carbocycles. The molecule has 9 heteroatoms. The Morgan fingerprint density at radius 2 is 1.74 bits per heavy atom. The number of benzene rings is 2. The van der Waals surface area contributed by atoms with Crippen molar-refractivity contribution in [2.45, 2.75) is 24.8 Å². The smallest absolute Gasteiger partial charge is 0.335 e. The standard InChI is InChI=1S/C25H30N4O4S/c1-4-12-28-23(18-29(25(28)31)34(32,33)21-8-6-5-7-9-21)24(30)27-15-13-26(14-16-27)22-17-19(2)10-11-20(22)3/h4-11,17,23H,1,12-16,18H2,2-3H3/t23-/m0/s1. The summed E-state index contributed by atoms with van der Waals surface area (Å²) in [5.41, 5.74) is 3.53. The fourth-order valence-electron chi connectivity index (χ4n) is 4.53. The van der Waals surface area contributed by atoms with Gasteiger partial charge in [0, 0.05) is 38.4 Å². The van der Waals surface area contributed by atoms with Gasteiger partial charge in [-0.15, -0.1) is 6.58 Å². The summed E-state index contributed by atoms with van der Waals surface area (Å²) in [7, 11) is -4.06. The molecule has 2 heterocycles. The van der Waals surface area contributed by atoms with E-state index < -0.39 is 22.1 Å². The molecular formula is C25H30N4O4S. The molecule has 2 aromatic rings. The zero-order valence-electron chi connectivity index (χ0n) is 19.6. The van der Waals surface area contributed by atoms with Crippen LogP contribution < -0.4 is 4.90 Å². The lowest BCUT2D eigenvalue weighted by molar-refractivity contribution is -0.135. The molecular weight excluding hydrogens is 452 g/mol. The summed E-state index contributed by atoms with van der Waals surface area (Å²) in [5.74, 6) is -0.235. The van der Waals surface area contributed by atoms with Crippen LogP contribution in [0.1, 0.15) is 11.1 Å². The average molecular weight is 483 g/mol. The number of aryl methyl sites for hydroxylation is 2. The Morgan fingerprint density at radius 3 is 2.38 bits per heavy atom. The van der Waals surface area contributed by atoms with Crippen molar-refractivity contribution in [1.29, 1.82) is 0 Å². The molecule has 2 aliphatic heterocycles. The first kappa shape index (κ1) is 23.8. The number of carbonyl (C=O) groups excluding carboxylic acids is 2. The van der Waals surface area contributed by atoms with Gasteiger partial charge in [0.1, 0.15) is 6.04 Å². The normalized spacial score (nSPS) is 19.0. The Balaban J connectivity index is 1.50. The topological polar surface area (TPSA) is 81.2 Å². The quantitative estimate of drug-likeness (QED) is 0.592. The number of hydrogen-bond acceptors (Lipinski definition) is 5. The summed E-state index contributed by atoms with van der Waals surface area (Å²) < 4.78 is 27.0. The molecule has 1 atom stereocenters. The Bertz CT molecular complexity index is 1190. The van der Waals surface area contributed by atoms with Crippen molar-refractivity contribution in [1.82, 2.24) is 14.1 Å². The molecule has 2 aromatic carbocycles. The number of carbonyl (C=O) groups is 2. The second-order valence-corrected chi connectivity index (χ2v) is 10.6. The van der Waals surface area contributed by atoms with Crippen LogP contribution in [0.2, 0.25) is 0 Å². The zero-order valence-corrected chi connectivity index (χ0v) is 20.4. The summed E-state index contributed by atoms with van der Waals surface area (Å²) >= 11 is 0. The van der Waals surface area contributed by atoms with Gasteiger partial charge in [-0.3, -0.25) is 4.79 Å². The third kappa shape index (κ3) is 4.40. The van der Waals surface area contributed by atoms with Gasteiger partial charge in [0.05, 0.1) is 11.4 Å². The Morgan fingerprint density at radius 1 is 1.06 bits per heavy atom. The van der Waals surface area contributed by atoms with Crippen LogP contribution in [-0.4, -0.2) is 79.8 Å². The summed E-state index contributed by atoms with van der Waals surface area (Å²) in [6.07, 6.45) is 1.51. The molecule has 0 aromatic heterocycles. The molecule has 180 valence electrons. The van der Waals surface area contributed by atoms with Crippen LogP contribution in [0.3, 0.4) is 0 Å². The van der Waals surface area contributed by atoms with Gasteiger partial charge in [-0.2, -0.15) is 0 Å². The number of rotatable bonds is 6. The van der Waals surface area contributed by atoms with Gasteiger partial charge in [0.15, 0.2) is 0 Å². The first-order valence-corrected chi connectivity index (χ1v) is 12.8. The van der Waals surface area contributed by atoms with Gasteiger partial charge < -0.3 is 14.7 Å². The summed E-state index contributed by atoms with van der Waals surface area (Å²) in [6.45, 7) is 10.0. The predicted octanol–water partition coefficient (Wildman–Crippen LogP) is 2.63. The highest BCUT2D eigenvalue weighted by atomic mass is 32.2. The zero-order chi connectivity index (χ0) is 24.5. The molecule has 0 N–H and O–H groups in total. The van der Waals surface area contributed by atoms with Crippen LogP contribution in [0.5, 0.6) is 0 Å². The molecule has 0 radical (unpaired) electrons. The number of sulfonamides is 1. The maximum Gasteiger partial charge on any atom is 0.335 e. The highest BCUT2D eigenvalue weighted by Gasteiger charge is 2.47. The van der Waals surface area contributed by atoms with E-state index in [9.17, 15) is 18.0 Å². The van der Waals surface area contributed by atoms with Crippen molar-refractivity contribution in [2.75, 3.05) is 44.2 Å². The monoisotopic (exact) mass is 482 g/mol. The van der Waals surface area contributed by atoms with Crippen molar-refractivity contribution < 1.29 is 18.0 Å². The van der Waals surface area contributed by atoms with E-state index in [4.69, 9.17) is 0 Å². The number of hydrogen-bond donors (Lipinski definition) is 0. The lowest BCUT2D eigenvalue weighted by Gasteiger charge is -2.38. The van der Waals surface area contributed by atoms with E-state index >= 15 is 0 Å². The predicted molar refractivity (Wildman–Crippen MR) is 131 cm³/mol. The lowest BCUT2D eigenvalue weighted by Crippen LogP contribution is -2.54. The fourth-order valence-corrected chi connectivity index (χ4v) is 5.93. The third-order valence-corrected chi connectivity index (χ3v) is 8.17.